The number of rotatable bonds is 5. The van der Waals surface area contributed by atoms with Crippen LogP contribution in [0.2, 0.25) is 0 Å². The smallest absolute Gasteiger partial charge is 0.129 e. The summed E-state index contributed by atoms with van der Waals surface area (Å²) in [6.45, 7) is 4.56. The molecule has 1 rings (SSSR count). The van der Waals surface area contributed by atoms with Crippen molar-refractivity contribution >= 4 is 11.5 Å². The molecule has 2 nitrogen and oxygen atoms in total. The third kappa shape index (κ3) is 4.08. The Morgan fingerprint density at radius 1 is 1.29 bits per heavy atom. The van der Waals surface area contributed by atoms with Crippen LogP contribution in [0.15, 0.2) is 24.3 Å². The number of hydrogen-bond acceptors (Lipinski definition) is 2. The molecule has 2 heteroatoms. The van der Waals surface area contributed by atoms with E-state index in [1.807, 2.05) is 0 Å². The van der Waals surface area contributed by atoms with Crippen LogP contribution in [-0.4, -0.2) is 12.3 Å². The first kappa shape index (κ1) is 10.8. The van der Waals surface area contributed by atoms with Gasteiger partial charge in [-0.25, -0.2) is 0 Å². The van der Waals surface area contributed by atoms with Gasteiger partial charge in [0.05, 0.1) is 0 Å². The number of carbonyl (C=O) groups is 1. The Bertz CT molecular complexity index is 290. The van der Waals surface area contributed by atoms with Gasteiger partial charge in [-0.2, -0.15) is 0 Å². The lowest BCUT2D eigenvalue weighted by Crippen LogP contribution is -2.03. The van der Waals surface area contributed by atoms with Gasteiger partial charge in [-0.05, 0) is 32.4 Å². The largest absolute Gasteiger partial charge is 0.385 e. The van der Waals surface area contributed by atoms with Gasteiger partial charge >= 0.3 is 0 Å². The predicted molar refractivity (Wildman–Crippen MR) is 59.6 cm³/mol. The molecule has 0 unspecified atom stereocenters. The third-order valence-electron chi connectivity index (χ3n) is 2.09. The topological polar surface area (TPSA) is 29.1 Å². The van der Waals surface area contributed by atoms with Gasteiger partial charge in [0.1, 0.15) is 5.78 Å². The SMILES string of the molecule is CC(=O)CCCNc1ccc(C)cc1. The molecule has 0 atom stereocenters. The molecule has 1 aromatic rings. The molecule has 0 bridgehead atoms. The van der Waals surface area contributed by atoms with E-state index in [1.165, 1.54) is 5.56 Å². The lowest BCUT2D eigenvalue weighted by Gasteiger charge is -2.05. The molecule has 1 aromatic carbocycles. The number of nitrogens with one attached hydrogen (secondary N) is 1. The second-order valence-corrected chi connectivity index (χ2v) is 3.60. The first-order chi connectivity index (χ1) is 6.68. The zero-order valence-electron chi connectivity index (χ0n) is 8.84. The Morgan fingerprint density at radius 3 is 2.50 bits per heavy atom. The summed E-state index contributed by atoms with van der Waals surface area (Å²) >= 11 is 0. The van der Waals surface area contributed by atoms with E-state index >= 15 is 0 Å². The van der Waals surface area contributed by atoms with E-state index < -0.39 is 0 Å². The van der Waals surface area contributed by atoms with Crippen LogP contribution >= 0.6 is 0 Å². The number of Topliss-reactive ketones (excluding diaryl/α,β-unsaturated/α-hetero) is 1. The van der Waals surface area contributed by atoms with E-state index in [4.69, 9.17) is 0 Å². The number of carbonyl (C=O) groups excluding carboxylic acids is 1. The minimum atomic E-state index is 0.260. The fourth-order valence-corrected chi connectivity index (χ4v) is 1.24. The first-order valence-corrected chi connectivity index (χ1v) is 4.98. The van der Waals surface area contributed by atoms with Gasteiger partial charge < -0.3 is 10.1 Å². The van der Waals surface area contributed by atoms with E-state index in [-0.39, 0.29) is 5.78 Å². The molecule has 0 aromatic heterocycles. The summed E-state index contributed by atoms with van der Waals surface area (Å²) in [5, 5.41) is 3.28. The summed E-state index contributed by atoms with van der Waals surface area (Å²) in [4.78, 5) is 10.7. The van der Waals surface area contributed by atoms with Gasteiger partial charge in [-0.15, -0.1) is 0 Å². The highest BCUT2D eigenvalue weighted by atomic mass is 16.1. The van der Waals surface area contributed by atoms with Crippen LogP contribution in [0.25, 0.3) is 0 Å². The van der Waals surface area contributed by atoms with E-state index in [0.717, 1.165) is 18.7 Å². The number of ketones is 1. The van der Waals surface area contributed by atoms with Crippen molar-refractivity contribution in [3.05, 3.63) is 29.8 Å². The minimum absolute atomic E-state index is 0.260. The summed E-state index contributed by atoms with van der Waals surface area (Å²) in [7, 11) is 0. The Kier molecular flexibility index (Phi) is 4.17. The van der Waals surface area contributed by atoms with Gasteiger partial charge in [0.15, 0.2) is 0 Å². The van der Waals surface area contributed by atoms with Crippen molar-refractivity contribution in [3.8, 4) is 0 Å². The van der Waals surface area contributed by atoms with Crippen LogP contribution in [0.4, 0.5) is 5.69 Å². The van der Waals surface area contributed by atoms with E-state index in [0.29, 0.717) is 6.42 Å². The molecule has 0 radical (unpaired) electrons. The first-order valence-electron chi connectivity index (χ1n) is 4.98. The fraction of sp³-hybridized carbons (Fsp3) is 0.417. The van der Waals surface area contributed by atoms with E-state index in [9.17, 15) is 4.79 Å². The standard InChI is InChI=1S/C12H17NO/c1-10-5-7-12(8-6-10)13-9-3-4-11(2)14/h5-8,13H,3-4,9H2,1-2H3. The van der Waals surface area contributed by atoms with E-state index in [1.54, 1.807) is 6.92 Å². The molecule has 0 aliphatic carbocycles. The molecule has 0 aliphatic heterocycles. The lowest BCUT2D eigenvalue weighted by atomic mass is 10.2. The van der Waals surface area contributed by atoms with Crippen LogP contribution in [-0.2, 0) is 4.79 Å². The Hall–Kier alpha value is -1.31. The van der Waals surface area contributed by atoms with Gasteiger partial charge in [-0.3, -0.25) is 0 Å². The van der Waals surface area contributed by atoms with Gasteiger partial charge in [0.25, 0.3) is 0 Å². The molecular weight excluding hydrogens is 174 g/mol. The fourth-order valence-electron chi connectivity index (χ4n) is 1.24. The van der Waals surface area contributed by atoms with Crippen molar-refractivity contribution in [2.24, 2.45) is 0 Å². The normalized spacial score (nSPS) is 9.86. The van der Waals surface area contributed by atoms with Gasteiger partial charge in [0, 0.05) is 18.7 Å². The Balaban J connectivity index is 2.25. The van der Waals surface area contributed by atoms with Crippen molar-refractivity contribution in [1.29, 1.82) is 0 Å². The third-order valence-corrected chi connectivity index (χ3v) is 2.09. The summed E-state index contributed by atoms with van der Waals surface area (Å²) in [5.74, 6) is 0.260. The molecule has 0 saturated carbocycles. The average molecular weight is 191 g/mol. The molecule has 0 heterocycles. The Labute approximate surface area is 85.3 Å². The highest BCUT2D eigenvalue weighted by Gasteiger charge is 1.94. The zero-order chi connectivity index (χ0) is 10.4. The molecule has 0 saturated heterocycles. The van der Waals surface area contributed by atoms with Crippen LogP contribution < -0.4 is 5.32 Å². The summed E-state index contributed by atoms with van der Waals surface area (Å²) < 4.78 is 0. The summed E-state index contributed by atoms with van der Waals surface area (Å²) in [6, 6.07) is 8.27. The maximum atomic E-state index is 10.7. The highest BCUT2D eigenvalue weighted by Crippen LogP contribution is 2.08. The molecule has 0 aliphatic rings. The number of aryl methyl sites for hydroxylation is 1. The van der Waals surface area contributed by atoms with Crippen LogP contribution in [0.3, 0.4) is 0 Å². The molecule has 0 amide bonds. The van der Waals surface area contributed by atoms with Crippen LogP contribution in [0, 0.1) is 6.92 Å². The van der Waals surface area contributed by atoms with Crippen LogP contribution in [0.1, 0.15) is 25.3 Å². The molecule has 76 valence electrons. The monoisotopic (exact) mass is 191 g/mol. The zero-order valence-corrected chi connectivity index (χ0v) is 8.84. The van der Waals surface area contributed by atoms with Crippen molar-refractivity contribution in [2.45, 2.75) is 26.7 Å². The van der Waals surface area contributed by atoms with Gasteiger partial charge in [0.2, 0.25) is 0 Å². The molecule has 14 heavy (non-hydrogen) atoms. The van der Waals surface area contributed by atoms with Crippen molar-refractivity contribution < 1.29 is 4.79 Å². The van der Waals surface area contributed by atoms with Crippen molar-refractivity contribution in [2.75, 3.05) is 11.9 Å². The molecule has 1 N–H and O–H groups in total. The summed E-state index contributed by atoms with van der Waals surface area (Å²) in [6.07, 6.45) is 1.57. The summed E-state index contributed by atoms with van der Waals surface area (Å²) in [5.41, 5.74) is 2.39. The van der Waals surface area contributed by atoms with Crippen molar-refractivity contribution in [1.82, 2.24) is 0 Å². The lowest BCUT2D eigenvalue weighted by molar-refractivity contribution is -0.117. The predicted octanol–water partition coefficient (Wildman–Crippen LogP) is 2.78. The highest BCUT2D eigenvalue weighted by molar-refractivity contribution is 5.75. The van der Waals surface area contributed by atoms with Crippen LogP contribution in [0.5, 0.6) is 0 Å². The molecule has 0 fully saturated rings. The Morgan fingerprint density at radius 2 is 1.93 bits per heavy atom. The minimum Gasteiger partial charge on any atom is -0.385 e. The molecule has 0 spiro atoms. The maximum absolute atomic E-state index is 10.7. The van der Waals surface area contributed by atoms with E-state index in [2.05, 4.69) is 36.5 Å². The average Bonchev–Trinajstić information content (AvgIpc) is 2.15. The maximum Gasteiger partial charge on any atom is 0.129 e. The number of benzene rings is 1. The second kappa shape index (κ2) is 5.43. The van der Waals surface area contributed by atoms with Crippen molar-refractivity contribution in [3.63, 3.8) is 0 Å². The second-order valence-electron chi connectivity index (χ2n) is 3.60. The number of anilines is 1. The number of hydrogen-bond donors (Lipinski definition) is 1. The van der Waals surface area contributed by atoms with Gasteiger partial charge in [-0.1, -0.05) is 17.7 Å². The molecular formula is C12H17NO. The quantitative estimate of drug-likeness (QED) is 0.725.